The second-order valence-electron chi connectivity index (χ2n) is 3.10. The lowest BCUT2D eigenvalue weighted by atomic mass is 10.6. The minimum Gasteiger partial charge on any atom is -0.370 e. The van der Waals surface area contributed by atoms with Crippen LogP contribution in [-0.2, 0) is 4.74 Å². The van der Waals surface area contributed by atoms with Gasteiger partial charge in [0.25, 0.3) is 0 Å². The molecule has 18 heavy (non-hydrogen) atoms. The first-order valence-corrected chi connectivity index (χ1v) is 5.26. The van der Waals surface area contributed by atoms with Crippen molar-refractivity contribution < 1.29 is 17.9 Å². The van der Waals surface area contributed by atoms with Crippen molar-refractivity contribution in [1.29, 1.82) is 0 Å². The van der Waals surface area contributed by atoms with Crippen LogP contribution in [0.1, 0.15) is 0 Å². The number of halogens is 4. The molecule has 0 bridgehead atoms. The van der Waals surface area contributed by atoms with Crippen molar-refractivity contribution in [2.75, 3.05) is 37.4 Å². The third kappa shape index (κ3) is 5.82. The van der Waals surface area contributed by atoms with Gasteiger partial charge in [-0.05, 0) is 11.6 Å². The molecule has 0 atom stereocenters. The Morgan fingerprint density at radius 1 is 1.22 bits per heavy atom. The smallest absolute Gasteiger partial charge is 0.370 e. The SMILES string of the molecule is CNc1nc(Cl)nc(NCCOCC(F)(F)F)n1. The molecule has 2 N–H and O–H groups in total. The highest BCUT2D eigenvalue weighted by Crippen LogP contribution is 2.14. The summed E-state index contributed by atoms with van der Waals surface area (Å²) >= 11 is 5.61. The van der Waals surface area contributed by atoms with E-state index in [-0.39, 0.29) is 30.3 Å². The molecule has 1 heterocycles. The maximum absolute atomic E-state index is 11.8. The Balaban J connectivity index is 2.33. The van der Waals surface area contributed by atoms with E-state index >= 15 is 0 Å². The van der Waals surface area contributed by atoms with Crippen LogP contribution in [0.25, 0.3) is 0 Å². The molecule has 0 amide bonds. The number of rotatable bonds is 6. The lowest BCUT2D eigenvalue weighted by Crippen LogP contribution is -2.20. The van der Waals surface area contributed by atoms with Crippen molar-refractivity contribution in [1.82, 2.24) is 15.0 Å². The highest BCUT2D eigenvalue weighted by atomic mass is 35.5. The molecule has 0 fully saturated rings. The number of anilines is 2. The minimum atomic E-state index is -4.32. The van der Waals surface area contributed by atoms with Crippen LogP contribution in [-0.4, -0.2) is 47.9 Å². The van der Waals surface area contributed by atoms with Crippen LogP contribution in [0.2, 0.25) is 5.28 Å². The van der Waals surface area contributed by atoms with E-state index in [0.29, 0.717) is 0 Å². The Morgan fingerprint density at radius 3 is 2.50 bits per heavy atom. The van der Waals surface area contributed by atoms with Crippen LogP contribution in [0, 0.1) is 0 Å². The molecule has 0 aliphatic heterocycles. The second kappa shape index (κ2) is 6.55. The van der Waals surface area contributed by atoms with E-state index in [9.17, 15) is 13.2 Å². The summed E-state index contributed by atoms with van der Waals surface area (Å²) in [4.78, 5) is 11.4. The van der Waals surface area contributed by atoms with Gasteiger partial charge in [-0.3, -0.25) is 0 Å². The maximum atomic E-state index is 11.8. The summed E-state index contributed by atoms with van der Waals surface area (Å²) in [6.45, 7) is -1.29. The summed E-state index contributed by atoms with van der Waals surface area (Å²) in [5, 5.41) is 5.31. The largest absolute Gasteiger partial charge is 0.411 e. The summed E-state index contributed by atoms with van der Waals surface area (Å²) < 4.78 is 39.7. The zero-order valence-electron chi connectivity index (χ0n) is 9.38. The van der Waals surface area contributed by atoms with Gasteiger partial charge < -0.3 is 15.4 Å². The highest BCUT2D eigenvalue weighted by Gasteiger charge is 2.27. The van der Waals surface area contributed by atoms with E-state index in [2.05, 4.69) is 30.3 Å². The quantitative estimate of drug-likeness (QED) is 0.773. The van der Waals surface area contributed by atoms with Gasteiger partial charge >= 0.3 is 6.18 Å². The number of hydrogen-bond acceptors (Lipinski definition) is 6. The third-order valence-corrected chi connectivity index (χ3v) is 1.80. The minimum absolute atomic E-state index is 0.0203. The van der Waals surface area contributed by atoms with Crippen molar-refractivity contribution in [3.8, 4) is 0 Å². The summed E-state index contributed by atoms with van der Waals surface area (Å²) in [5.41, 5.74) is 0. The summed E-state index contributed by atoms with van der Waals surface area (Å²) in [6.07, 6.45) is -4.32. The Morgan fingerprint density at radius 2 is 1.89 bits per heavy atom. The average Bonchev–Trinajstić information content (AvgIpc) is 2.26. The fraction of sp³-hybridized carbons (Fsp3) is 0.625. The fourth-order valence-electron chi connectivity index (χ4n) is 0.964. The molecule has 1 aromatic heterocycles. The molecule has 0 aliphatic carbocycles. The van der Waals surface area contributed by atoms with Gasteiger partial charge in [0.2, 0.25) is 17.2 Å². The van der Waals surface area contributed by atoms with Crippen molar-refractivity contribution in [3.05, 3.63) is 5.28 Å². The molecule has 1 rings (SSSR count). The fourth-order valence-corrected chi connectivity index (χ4v) is 1.12. The van der Waals surface area contributed by atoms with Crippen molar-refractivity contribution >= 4 is 23.5 Å². The van der Waals surface area contributed by atoms with Crippen LogP contribution in [0.15, 0.2) is 0 Å². The van der Waals surface area contributed by atoms with Crippen LogP contribution in [0.4, 0.5) is 25.1 Å². The molecule has 10 heteroatoms. The van der Waals surface area contributed by atoms with Gasteiger partial charge in [0.05, 0.1) is 6.61 Å². The van der Waals surface area contributed by atoms with Gasteiger partial charge in [0, 0.05) is 13.6 Å². The van der Waals surface area contributed by atoms with Gasteiger partial charge in [-0.2, -0.15) is 28.1 Å². The molecule has 0 saturated carbocycles. The molecule has 6 nitrogen and oxygen atoms in total. The van der Waals surface area contributed by atoms with E-state index in [4.69, 9.17) is 11.6 Å². The molecular formula is C8H11ClF3N5O. The Labute approximate surface area is 106 Å². The Bertz CT molecular complexity index is 389. The first-order chi connectivity index (χ1) is 8.40. The van der Waals surface area contributed by atoms with Gasteiger partial charge in [0.1, 0.15) is 6.61 Å². The molecule has 0 aromatic carbocycles. The summed E-state index contributed by atoms with van der Waals surface area (Å²) in [7, 11) is 1.60. The van der Waals surface area contributed by atoms with Crippen LogP contribution >= 0.6 is 11.6 Å². The van der Waals surface area contributed by atoms with E-state index in [1.54, 1.807) is 7.05 Å². The molecule has 0 radical (unpaired) electrons. The van der Waals surface area contributed by atoms with Gasteiger partial charge in [-0.15, -0.1) is 0 Å². The van der Waals surface area contributed by atoms with Crippen molar-refractivity contribution in [3.63, 3.8) is 0 Å². The Hall–Kier alpha value is -1.35. The van der Waals surface area contributed by atoms with Crippen molar-refractivity contribution in [2.24, 2.45) is 0 Å². The van der Waals surface area contributed by atoms with Crippen LogP contribution in [0.5, 0.6) is 0 Å². The monoisotopic (exact) mass is 285 g/mol. The first-order valence-electron chi connectivity index (χ1n) is 4.88. The Kier molecular flexibility index (Phi) is 5.35. The predicted molar refractivity (Wildman–Crippen MR) is 59.7 cm³/mol. The maximum Gasteiger partial charge on any atom is 0.411 e. The van der Waals surface area contributed by atoms with Crippen LogP contribution in [0.3, 0.4) is 0 Å². The zero-order valence-corrected chi connectivity index (χ0v) is 10.1. The first kappa shape index (κ1) is 14.7. The van der Waals surface area contributed by atoms with E-state index in [1.807, 2.05) is 0 Å². The standard InChI is InChI=1S/C8H11ClF3N5O/c1-13-6-15-5(9)16-7(17-6)14-2-3-18-4-8(10,11)12/h2-4H2,1H3,(H2,13,14,15,16,17). The van der Waals surface area contributed by atoms with Gasteiger partial charge in [-0.1, -0.05) is 0 Å². The number of ether oxygens (including phenoxy) is 1. The molecule has 0 unspecified atom stereocenters. The zero-order chi connectivity index (χ0) is 13.6. The molecule has 0 saturated heterocycles. The highest BCUT2D eigenvalue weighted by molar-refractivity contribution is 6.28. The molecule has 1 aromatic rings. The summed E-state index contributed by atoms with van der Waals surface area (Å²) in [5.74, 6) is 0.420. The molecular weight excluding hydrogens is 275 g/mol. The normalized spacial score (nSPS) is 11.4. The number of nitrogens with zero attached hydrogens (tertiary/aromatic N) is 3. The van der Waals surface area contributed by atoms with Crippen molar-refractivity contribution in [2.45, 2.75) is 6.18 Å². The average molecular weight is 286 g/mol. The topological polar surface area (TPSA) is 72.0 Å². The number of alkyl halides is 3. The number of aromatic nitrogens is 3. The molecule has 0 aliphatic rings. The second-order valence-corrected chi connectivity index (χ2v) is 3.43. The number of hydrogen-bond donors (Lipinski definition) is 2. The van der Waals surface area contributed by atoms with Crippen LogP contribution < -0.4 is 10.6 Å². The van der Waals surface area contributed by atoms with Gasteiger partial charge in [0.15, 0.2) is 0 Å². The third-order valence-electron chi connectivity index (χ3n) is 1.63. The van der Waals surface area contributed by atoms with E-state index < -0.39 is 12.8 Å². The molecule has 0 spiro atoms. The van der Waals surface area contributed by atoms with E-state index in [0.717, 1.165) is 0 Å². The lowest BCUT2D eigenvalue weighted by molar-refractivity contribution is -0.172. The molecule has 102 valence electrons. The predicted octanol–water partition coefficient (Wildman–Crippen LogP) is 1.56. The number of nitrogens with one attached hydrogen (secondary N) is 2. The van der Waals surface area contributed by atoms with E-state index in [1.165, 1.54) is 0 Å². The summed E-state index contributed by atoms with van der Waals surface area (Å²) in [6, 6.07) is 0. The van der Waals surface area contributed by atoms with Gasteiger partial charge in [-0.25, -0.2) is 0 Å². The lowest BCUT2D eigenvalue weighted by Gasteiger charge is -2.08.